The van der Waals surface area contributed by atoms with Crippen molar-refractivity contribution in [3.05, 3.63) is 35.5 Å². The van der Waals surface area contributed by atoms with Crippen molar-refractivity contribution in [3.8, 4) is 11.5 Å². The van der Waals surface area contributed by atoms with Gasteiger partial charge in [-0.3, -0.25) is 4.90 Å². The standard InChI is InChI=1S/C17H23N3O3/c1-17(2,3)16-18-15(19-23-16)11-20(4)10-12-5-6-13-14(9-12)22-8-7-21-13/h5-6,9H,7-8,10-11H2,1-4H3. The Bertz CT molecular complexity index is 676. The molecule has 6 nitrogen and oxygen atoms in total. The predicted octanol–water partition coefficient (Wildman–Crippen LogP) is 2.77. The summed E-state index contributed by atoms with van der Waals surface area (Å²) in [5, 5.41) is 4.06. The van der Waals surface area contributed by atoms with Crippen LogP contribution in [0.5, 0.6) is 11.5 Å². The molecular weight excluding hydrogens is 294 g/mol. The molecule has 0 fully saturated rings. The Balaban J connectivity index is 1.63. The summed E-state index contributed by atoms with van der Waals surface area (Å²) in [4.78, 5) is 6.61. The molecule has 0 N–H and O–H groups in total. The molecule has 0 saturated heterocycles. The lowest BCUT2D eigenvalue weighted by Crippen LogP contribution is -2.19. The van der Waals surface area contributed by atoms with E-state index in [-0.39, 0.29) is 5.41 Å². The molecule has 124 valence electrons. The maximum atomic E-state index is 5.62. The second kappa shape index (κ2) is 6.20. The number of ether oxygens (including phenoxy) is 2. The Kier molecular flexibility index (Phi) is 4.26. The van der Waals surface area contributed by atoms with E-state index in [1.807, 2.05) is 19.2 Å². The smallest absolute Gasteiger partial charge is 0.232 e. The first-order valence-electron chi connectivity index (χ1n) is 7.82. The van der Waals surface area contributed by atoms with Gasteiger partial charge in [-0.25, -0.2) is 0 Å². The Morgan fingerprint density at radius 2 is 1.83 bits per heavy atom. The van der Waals surface area contributed by atoms with Crippen LogP contribution in [0.3, 0.4) is 0 Å². The van der Waals surface area contributed by atoms with Crippen molar-refractivity contribution < 1.29 is 14.0 Å². The van der Waals surface area contributed by atoms with E-state index in [0.29, 0.717) is 31.5 Å². The van der Waals surface area contributed by atoms with Gasteiger partial charge in [0.1, 0.15) is 13.2 Å². The topological polar surface area (TPSA) is 60.6 Å². The zero-order chi connectivity index (χ0) is 16.4. The summed E-state index contributed by atoms with van der Waals surface area (Å²) < 4.78 is 16.5. The molecule has 0 radical (unpaired) electrons. The first-order chi connectivity index (χ1) is 10.9. The van der Waals surface area contributed by atoms with E-state index in [1.165, 1.54) is 0 Å². The van der Waals surface area contributed by atoms with Crippen LogP contribution in [-0.4, -0.2) is 35.3 Å². The van der Waals surface area contributed by atoms with E-state index >= 15 is 0 Å². The van der Waals surface area contributed by atoms with Gasteiger partial charge in [0.15, 0.2) is 17.3 Å². The number of hydrogen-bond acceptors (Lipinski definition) is 6. The van der Waals surface area contributed by atoms with E-state index in [2.05, 4.69) is 41.9 Å². The summed E-state index contributed by atoms with van der Waals surface area (Å²) in [6.45, 7) is 8.80. The van der Waals surface area contributed by atoms with Crippen molar-refractivity contribution in [3.63, 3.8) is 0 Å². The zero-order valence-electron chi connectivity index (χ0n) is 14.1. The highest BCUT2D eigenvalue weighted by molar-refractivity contribution is 5.43. The molecule has 23 heavy (non-hydrogen) atoms. The fraction of sp³-hybridized carbons (Fsp3) is 0.529. The molecule has 0 saturated carbocycles. The van der Waals surface area contributed by atoms with E-state index < -0.39 is 0 Å². The third-order valence-electron chi connectivity index (χ3n) is 3.58. The molecule has 0 unspecified atom stereocenters. The number of rotatable bonds is 4. The molecule has 1 aromatic carbocycles. The van der Waals surface area contributed by atoms with Crippen LogP contribution in [-0.2, 0) is 18.5 Å². The van der Waals surface area contributed by atoms with Gasteiger partial charge in [0.2, 0.25) is 5.89 Å². The van der Waals surface area contributed by atoms with Crippen molar-refractivity contribution >= 4 is 0 Å². The highest BCUT2D eigenvalue weighted by atomic mass is 16.6. The first kappa shape index (κ1) is 15.8. The lowest BCUT2D eigenvalue weighted by molar-refractivity contribution is 0.171. The molecule has 0 atom stereocenters. The van der Waals surface area contributed by atoms with Gasteiger partial charge in [0.25, 0.3) is 0 Å². The summed E-state index contributed by atoms with van der Waals surface area (Å²) in [5.41, 5.74) is 1.04. The van der Waals surface area contributed by atoms with Crippen LogP contribution < -0.4 is 9.47 Å². The predicted molar refractivity (Wildman–Crippen MR) is 85.6 cm³/mol. The minimum atomic E-state index is -0.125. The fourth-order valence-electron chi connectivity index (χ4n) is 2.42. The molecule has 0 aliphatic carbocycles. The average molecular weight is 317 g/mol. The summed E-state index contributed by atoms with van der Waals surface area (Å²) in [5.74, 6) is 3.00. The highest BCUT2D eigenvalue weighted by Gasteiger charge is 2.22. The molecule has 1 aromatic heterocycles. The lowest BCUT2D eigenvalue weighted by atomic mass is 9.97. The van der Waals surface area contributed by atoms with Gasteiger partial charge in [-0.05, 0) is 24.7 Å². The molecule has 2 heterocycles. The van der Waals surface area contributed by atoms with Gasteiger partial charge in [-0.15, -0.1) is 0 Å². The Hall–Kier alpha value is -2.08. The SMILES string of the molecule is CN(Cc1ccc2c(c1)OCCO2)Cc1noc(C(C)(C)C)n1. The zero-order valence-corrected chi connectivity index (χ0v) is 14.1. The second-order valence-electron chi connectivity index (χ2n) is 6.92. The molecule has 0 bridgehead atoms. The number of benzene rings is 1. The Morgan fingerprint density at radius 3 is 2.52 bits per heavy atom. The number of hydrogen-bond donors (Lipinski definition) is 0. The number of aromatic nitrogens is 2. The molecule has 1 aliphatic rings. The maximum Gasteiger partial charge on any atom is 0.232 e. The van der Waals surface area contributed by atoms with E-state index in [1.54, 1.807) is 0 Å². The third kappa shape index (κ3) is 3.82. The van der Waals surface area contributed by atoms with Crippen LogP contribution >= 0.6 is 0 Å². The number of fused-ring (bicyclic) bond motifs is 1. The van der Waals surface area contributed by atoms with Gasteiger partial charge in [-0.2, -0.15) is 4.98 Å². The molecule has 3 rings (SSSR count). The van der Waals surface area contributed by atoms with Gasteiger partial charge in [0.05, 0.1) is 6.54 Å². The van der Waals surface area contributed by atoms with Crippen LogP contribution in [0, 0.1) is 0 Å². The minimum absolute atomic E-state index is 0.125. The van der Waals surface area contributed by atoms with Crippen molar-refractivity contribution in [2.45, 2.75) is 39.3 Å². The van der Waals surface area contributed by atoms with Crippen LogP contribution in [0.25, 0.3) is 0 Å². The number of nitrogens with zero attached hydrogens (tertiary/aromatic N) is 3. The molecule has 1 aliphatic heterocycles. The van der Waals surface area contributed by atoms with Gasteiger partial charge in [-0.1, -0.05) is 32.0 Å². The summed E-state index contributed by atoms with van der Waals surface area (Å²) in [7, 11) is 2.03. The van der Waals surface area contributed by atoms with E-state index in [9.17, 15) is 0 Å². The van der Waals surface area contributed by atoms with Crippen LogP contribution in [0.2, 0.25) is 0 Å². The van der Waals surface area contributed by atoms with Crippen LogP contribution in [0.4, 0.5) is 0 Å². The molecular formula is C17H23N3O3. The lowest BCUT2D eigenvalue weighted by Gasteiger charge is -2.20. The third-order valence-corrected chi connectivity index (χ3v) is 3.58. The summed E-state index contributed by atoms with van der Waals surface area (Å²) >= 11 is 0. The van der Waals surface area contributed by atoms with Gasteiger partial charge < -0.3 is 14.0 Å². The van der Waals surface area contributed by atoms with Crippen LogP contribution in [0.15, 0.2) is 22.7 Å². The molecule has 0 amide bonds. The average Bonchev–Trinajstić information content (AvgIpc) is 2.95. The second-order valence-corrected chi connectivity index (χ2v) is 6.92. The van der Waals surface area contributed by atoms with Crippen molar-refractivity contribution in [1.82, 2.24) is 15.0 Å². The molecule has 6 heteroatoms. The summed E-state index contributed by atoms with van der Waals surface area (Å²) in [6, 6.07) is 6.05. The fourth-order valence-corrected chi connectivity index (χ4v) is 2.42. The van der Waals surface area contributed by atoms with Crippen molar-refractivity contribution in [1.29, 1.82) is 0 Å². The van der Waals surface area contributed by atoms with Crippen molar-refractivity contribution in [2.75, 3.05) is 20.3 Å². The highest BCUT2D eigenvalue weighted by Crippen LogP contribution is 2.31. The van der Waals surface area contributed by atoms with Gasteiger partial charge in [0, 0.05) is 12.0 Å². The normalized spacial score (nSPS) is 14.3. The Morgan fingerprint density at radius 1 is 1.09 bits per heavy atom. The van der Waals surface area contributed by atoms with Crippen LogP contribution in [0.1, 0.15) is 38.0 Å². The monoisotopic (exact) mass is 317 g/mol. The van der Waals surface area contributed by atoms with E-state index in [4.69, 9.17) is 14.0 Å². The minimum Gasteiger partial charge on any atom is -0.486 e. The summed E-state index contributed by atoms with van der Waals surface area (Å²) in [6.07, 6.45) is 0. The van der Waals surface area contributed by atoms with Crippen molar-refractivity contribution in [2.24, 2.45) is 0 Å². The quantitative estimate of drug-likeness (QED) is 0.864. The largest absolute Gasteiger partial charge is 0.486 e. The van der Waals surface area contributed by atoms with Gasteiger partial charge >= 0.3 is 0 Å². The molecule has 0 spiro atoms. The maximum absolute atomic E-state index is 5.62. The first-order valence-corrected chi connectivity index (χ1v) is 7.82. The molecule has 2 aromatic rings. The Labute approximate surface area is 136 Å². The van der Waals surface area contributed by atoms with E-state index in [0.717, 1.165) is 23.6 Å².